The van der Waals surface area contributed by atoms with Crippen LogP contribution in [0.3, 0.4) is 0 Å². The highest BCUT2D eigenvalue weighted by atomic mass is 16.3. The van der Waals surface area contributed by atoms with Crippen LogP contribution in [0.15, 0.2) is 36.5 Å². The van der Waals surface area contributed by atoms with Crippen LogP contribution in [0, 0.1) is 0 Å². The molecule has 120 valence electrons. The van der Waals surface area contributed by atoms with E-state index in [1.165, 1.54) is 6.08 Å². The number of hydrogen-bond acceptors (Lipinski definition) is 4. The number of allylic oxidation sites excluding steroid dienone is 3. The Labute approximate surface area is 126 Å². The van der Waals surface area contributed by atoms with E-state index in [2.05, 4.69) is 5.32 Å². The maximum absolute atomic E-state index is 11.4. The third-order valence-corrected chi connectivity index (χ3v) is 2.43. The van der Waals surface area contributed by atoms with E-state index in [0.29, 0.717) is 12.8 Å². The van der Waals surface area contributed by atoms with Crippen molar-refractivity contribution >= 4 is 5.91 Å². The predicted octanol–water partition coefficient (Wildman–Crippen LogP) is 1.06. The minimum Gasteiger partial charge on any atom is -0.389 e. The lowest BCUT2D eigenvalue weighted by Gasteiger charge is -2.16. The van der Waals surface area contributed by atoms with Gasteiger partial charge in [0, 0.05) is 6.54 Å². The molecule has 0 fully saturated rings. The normalized spacial score (nSPS) is 15.9. The van der Waals surface area contributed by atoms with Gasteiger partial charge in [0.25, 0.3) is 0 Å². The molecular formula is C16H27NO4. The first-order chi connectivity index (χ1) is 9.70. The summed E-state index contributed by atoms with van der Waals surface area (Å²) >= 11 is 0. The molecule has 0 aliphatic rings. The van der Waals surface area contributed by atoms with Crippen molar-refractivity contribution in [1.82, 2.24) is 5.32 Å². The molecule has 0 spiro atoms. The zero-order valence-electron chi connectivity index (χ0n) is 13.0. The molecule has 0 aromatic carbocycles. The molecule has 0 radical (unpaired) electrons. The predicted molar refractivity (Wildman–Crippen MR) is 83.6 cm³/mol. The molecule has 0 aromatic rings. The second-order valence-electron chi connectivity index (χ2n) is 5.59. The number of nitrogens with one attached hydrogen (secondary N) is 1. The summed E-state index contributed by atoms with van der Waals surface area (Å²) in [7, 11) is 0. The minimum atomic E-state index is -0.927. The zero-order chi connectivity index (χ0) is 16.3. The Morgan fingerprint density at radius 2 is 1.86 bits per heavy atom. The number of hydrogen-bond donors (Lipinski definition) is 4. The maximum atomic E-state index is 11.4. The van der Waals surface area contributed by atoms with E-state index in [4.69, 9.17) is 5.11 Å². The van der Waals surface area contributed by atoms with Crippen LogP contribution in [0.1, 0.15) is 33.6 Å². The average Bonchev–Trinajstić information content (AvgIpc) is 2.36. The van der Waals surface area contributed by atoms with E-state index in [1.54, 1.807) is 51.2 Å². The maximum Gasteiger partial charge on any atom is 0.243 e. The monoisotopic (exact) mass is 297 g/mol. The molecule has 5 nitrogen and oxygen atoms in total. The lowest BCUT2D eigenvalue weighted by atomic mass is 10.1. The number of aliphatic hydroxyl groups excluding tert-OH is 2. The van der Waals surface area contributed by atoms with Gasteiger partial charge in [0.2, 0.25) is 5.91 Å². The summed E-state index contributed by atoms with van der Waals surface area (Å²) in [5.41, 5.74) is -0.927. The first-order valence-electron chi connectivity index (χ1n) is 7.08. The van der Waals surface area contributed by atoms with E-state index in [1.807, 2.05) is 0 Å². The number of aliphatic hydroxyl groups is 3. The van der Waals surface area contributed by atoms with Gasteiger partial charge < -0.3 is 20.6 Å². The van der Waals surface area contributed by atoms with Gasteiger partial charge in [0.05, 0.1) is 17.8 Å². The summed E-state index contributed by atoms with van der Waals surface area (Å²) in [6.07, 6.45) is 9.65. The molecule has 4 N–H and O–H groups in total. The van der Waals surface area contributed by atoms with Crippen LogP contribution in [-0.4, -0.2) is 45.6 Å². The van der Waals surface area contributed by atoms with Crippen molar-refractivity contribution in [2.45, 2.75) is 51.4 Å². The van der Waals surface area contributed by atoms with Gasteiger partial charge in [0.1, 0.15) is 0 Å². The lowest BCUT2D eigenvalue weighted by Crippen LogP contribution is -2.37. The Kier molecular flexibility index (Phi) is 9.62. The third-order valence-electron chi connectivity index (χ3n) is 2.43. The third kappa shape index (κ3) is 14.8. The van der Waals surface area contributed by atoms with Gasteiger partial charge >= 0.3 is 0 Å². The summed E-state index contributed by atoms with van der Waals surface area (Å²) in [6.45, 7) is 5.07. The summed E-state index contributed by atoms with van der Waals surface area (Å²) in [5.74, 6) is -0.262. The Morgan fingerprint density at radius 3 is 2.43 bits per heavy atom. The van der Waals surface area contributed by atoms with Crippen molar-refractivity contribution in [2.75, 3.05) is 6.54 Å². The summed E-state index contributed by atoms with van der Waals surface area (Å²) in [5, 5.41) is 30.7. The number of rotatable bonds is 9. The zero-order valence-corrected chi connectivity index (χ0v) is 13.0. The molecule has 1 amide bonds. The largest absolute Gasteiger partial charge is 0.389 e. The first-order valence-corrected chi connectivity index (χ1v) is 7.08. The van der Waals surface area contributed by atoms with Crippen molar-refractivity contribution in [2.24, 2.45) is 0 Å². The second kappa shape index (κ2) is 10.3. The van der Waals surface area contributed by atoms with E-state index in [-0.39, 0.29) is 12.5 Å². The van der Waals surface area contributed by atoms with Gasteiger partial charge in [-0.2, -0.15) is 0 Å². The molecule has 5 heteroatoms. The van der Waals surface area contributed by atoms with Crippen molar-refractivity contribution in [3.63, 3.8) is 0 Å². The quantitative estimate of drug-likeness (QED) is 0.378. The van der Waals surface area contributed by atoms with E-state index in [9.17, 15) is 15.0 Å². The Balaban J connectivity index is 3.87. The molecule has 0 aromatic heterocycles. The van der Waals surface area contributed by atoms with Crippen molar-refractivity contribution in [3.8, 4) is 0 Å². The van der Waals surface area contributed by atoms with Crippen molar-refractivity contribution in [1.29, 1.82) is 0 Å². The fraction of sp³-hybridized carbons (Fsp3) is 0.562. The average molecular weight is 297 g/mol. The summed E-state index contributed by atoms with van der Waals surface area (Å²) in [4.78, 5) is 11.4. The Bertz CT molecular complexity index is 378. The Morgan fingerprint density at radius 1 is 1.24 bits per heavy atom. The van der Waals surface area contributed by atoms with Crippen LogP contribution < -0.4 is 5.32 Å². The number of carbonyl (C=O) groups excluding carboxylic acids is 1. The first kappa shape index (κ1) is 19.6. The van der Waals surface area contributed by atoms with E-state index in [0.717, 1.165) is 0 Å². The topological polar surface area (TPSA) is 89.8 Å². The van der Waals surface area contributed by atoms with Crippen LogP contribution >= 0.6 is 0 Å². The van der Waals surface area contributed by atoms with E-state index < -0.39 is 17.8 Å². The smallest absolute Gasteiger partial charge is 0.243 e. The highest BCUT2D eigenvalue weighted by molar-refractivity contribution is 5.87. The Hall–Kier alpha value is -1.43. The number of carbonyl (C=O) groups is 1. The van der Waals surface area contributed by atoms with Crippen LogP contribution in [0.5, 0.6) is 0 Å². The summed E-state index contributed by atoms with van der Waals surface area (Å²) in [6, 6.07) is 0. The molecule has 0 rings (SSSR count). The highest BCUT2D eigenvalue weighted by Crippen LogP contribution is 2.01. The standard InChI is InChI=1S/C16H27NO4/c1-13(18)8-4-5-9-14(19)10-6-7-11-15(20)17-12-16(2,3)21/h4-5,7-9,11,13-14,18-19,21H,6,10,12H2,1-3H3,(H,17,20)/b8-4+,9-5+,11-7+/t13-,14?/m0/s1. The molecule has 0 heterocycles. The molecule has 0 aliphatic heterocycles. The fourth-order valence-electron chi connectivity index (χ4n) is 1.33. The molecule has 1 unspecified atom stereocenters. The van der Waals surface area contributed by atoms with Gasteiger partial charge in [0.15, 0.2) is 0 Å². The summed E-state index contributed by atoms with van der Waals surface area (Å²) < 4.78 is 0. The number of amides is 1. The van der Waals surface area contributed by atoms with Crippen molar-refractivity contribution in [3.05, 3.63) is 36.5 Å². The van der Waals surface area contributed by atoms with Crippen LogP contribution in [0.4, 0.5) is 0 Å². The van der Waals surface area contributed by atoms with Crippen LogP contribution in [0.25, 0.3) is 0 Å². The van der Waals surface area contributed by atoms with E-state index >= 15 is 0 Å². The van der Waals surface area contributed by atoms with Crippen molar-refractivity contribution < 1.29 is 20.1 Å². The SMILES string of the molecule is C[C@H](O)/C=C/C=C/C(O)CC/C=C/C(=O)NCC(C)(C)O. The van der Waals surface area contributed by atoms with Gasteiger partial charge in [-0.1, -0.05) is 30.4 Å². The molecule has 2 atom stereocenters. The lowest BCUT2D eigenvalue weighted by molar-refractivity contribution is -0.117. The second-order valence-corrected chi connectivity index (χ2v) is 5.59. The molecule has 0 aliphatic carbocycles. The van der Waals surface area contributed by atoms with Crippen LogP contribution in [-0.2, 0) is 4.79 Å². The molecular weight excluding hydrogens is 270 g/mol. The minimum absolute atomic E-state index is 0.192. The van der Waals surface area contributed by atoms with Gasteiger partial charge in [-0.15, -0.1) is 0 Å². The molecule has 0 saturated carbocycles. The molecule has 0 saturated heterocycles. The fourth-order valence-corrected chi connectivity index (χ4v) is 1.33. The van der Waals surface area contributed by atoms with Gasteiger partial charge in [-0.05, 0) is 39.7 Å². The molecule has 21 heavy (non-hydrogen) atoms. The highest BCUT2D eigenvalue weighted by Gasteiger charge is 2.12. The molecule has 0 bridgehead atoms. The van der Waals surface area contributed by atoms with Gasteiger partial charge in [-0.25, -0.2) is 0 Å². The van der Waals surface area contributed by atoms with Crippen LogP contribution in [0.2, 0.25) is 0 Å². The van der Waals surface area contributed by atoms with Gasteiger partial charge in [-0.3, -0.25) is 4.79 Å².